The second-order valence-corrected chi connectivity index (χ2v) is 7.09. The number of rotatable bonds is 5. The highest BCUT2D eigenvalue weighted by molar-refractivity contribution is 5.78. The molecule has 142 valence electrons. The summed E-state index contributed by atoms with van der Waals surface area (Å²) in [6.07, 6.45) is 4.19. The van der Waals surface area contributed by atoms with Gasteiger partial charge in [0.2, 0.25) is 0 Å². The maximum absolute atomic E-state index is 13.1. The molecule has 7 heteroatoms. The molecule has 1 aromatic heterocycles. The van der Waals surface area contributed by atoms with E-state index in [1.807, 2.05) is 24.4 Å². The minimum Gasteiger partial charge on any atom is -0.370 e. The van der Waals surface area contributed by atoms with Gasteiger partial charge >= 0.3 is 0 Å². The summed E-state index contributed by atoms with van der Waals surface area (Å²) in [6, 6.07) is 11.3. The predicted molar refractivity (Wildman–Crippen MR) is 107 cm³/mol. The summed E-state index contributed by atoms with van der Waals surface area (Å²) in [5.74, 6) is 1.29. The molecule has 2 heterocycles. The summed E-state index contributed by atoms with van der Waals surface area (Å²) < 4.78 is 13.1. The van der Waals surface area contributed by atoms with Gasteiger partial charge in [-0.2, -0.15) is 0 Å². The summed E-state index contributed by atoms with van der Waals surface area (Å²) in [6.45, 7) is 4.07. The van der Waals surface area contributed by atoms with E-state index in [9.17, 15) is 4.39 Å². The molecule has 1 aromatic carbocycles. The summed E-state index contributed by atoms with van der Waals surface area (Å²) in [5.41, 5.74) is 8.07. The first kappa shape index (κ1) is 17.6. The molecule has 0 unspecified atom stereocenters. The van der Waals surface area contributed by atoms with Gasteiger partial charge in [0.15, 0.2) is 5.96 Å². The second kappa shape index (κ2) is 7.82. The molecular weight excluding hydrogens is 343 g/mol. The number of guanidine groups is 1. The van der Waals surface area contributed by atoms with Crippen LogP contribution in [0.5, 0.6) is 0 Å². The number of nitrogens with one attached hydrogen (secondary N) is 1. The third kappa shape index (κ3) is 4.67. The van der Waals surface area contributed by atoms with Crippen molar-refractivity contribution in [3.8, 4) is 0 Å². The first-order chi connectivity index (χ1) is 13.2. The van der Waals surface area contributed by atoms with Gasteiger partial charge in [-0.1, -0.05) is 0 Å². The number of pyridine rings is 1. The van der Waals surface area contributed by atoms with Crippen molar-refractivity contribution >= 4 is 17.5 Å². The molecule has 2 fully saturated rings. The van der Waals surface area contributed by atoms with Gasteiger partial charge in [0.05, 0.1) is 6.54 Å². The lowest BCUT2D eigenvalue weighted by atomic mass is 10.2. The number of aliphatic imine (C=N–C) groups is 1. The minimum absolute atomic E-state index is 0.200. The number of aromatic nitrogens is 1. The largest absolute Gasteiger partial charge is 0.370 e. The van der Waals surface area contributed by atoms with Gasteiger partial charge < -0.3 is 20.9 Å². The molecule has 1 aliphatic carbocycles. The van der Waals surface area contributed by atoms with Crippen LogP contribution >= 0.6 is 0 Å². The van der Waals surface area contributed by atoms with Crippen molar-refractivity contribution < 1.29 is 4.39 Å². The van der Waals surface area contributed by atoms with E-state index < -0.39 is 0 Å². The van der Waals surface area contributed by atoms with E-state index in [2.05, 4.69) is 31.2 Å². The zero-order chi connectivity index (χ0) is 18.6. The SMILES string of the molecule is NC(=NCc1ccnc(N2CCN(c3ccc(F)cc3)CC2)c1)NC1CC1. The highest BCUT2D eigenvalue weighted by Gasteiger charge is 2.21. The lowest BCUT2D eigenvalue weighted by Crippen LogP contribution is -2.46. The molecule has 0 atom stereocenters. The fourth-order valence-corrected chi connectivity index (χ4v) is 3.24. The highest BCUT2D eigenvalue weighted by Crippen LogP contribution is 2.21. The highest BCUT2D eigenvalue weighted by atomic mass is 19.1. The van der Waals surface area contributed by atoms with Crippen molar-refractivity contribution in [2.24, 2.45) is 10.7 Å². The lowest BCUT2D eigenvalue weighted by Gasteiger charge is -2.36. The molecule has 1 saturated carbocycles. The molecule has 27 heavy (non-hydrogen) atoms. The Balaban J connectivity index is 1.34. The van der Waals surface area contributed by atoms with Crippen molar-refractivity contribution in [2.45, 2.75) is 25.4 Å². The first-order valence-electron chi connectivity index (χ1n) is 9.44. The number of piperazine rings is 1. The summed E-state index contributed by atoms with van der Waals surface area (Å²) in [7, 11) is 0. The topological polar surface area (TPSA) is 69.8 Å². The van der Waals surface area contributed by atoms with Crippen LogP contribution < -0.4 is 20.9 Å². The Bertz CT molecular complexity index is 794. The van der Waals surface area contributed by atoms with E-state index in [1.165, 1.54) is 25.0 Å². The molecular formula is C20H25FN6. The second-order valence-electron chi connectivity index (χ2n) is 7.09. The maximum Gasteiger partial charge on any atom is 0.189 e. The third-order valence-electron chi connectivity index (χ3n) is 4.97. The summed E-state index contributed by atoms with van der Waals surface area (Å²) in [4.78, 5) is 13.5. The first-order valence-corrected chi connectivity index (χ1v) is 9.44. The average molecular weight is 368 g/mol. The van der Waals surface area contributed by atoms with E-state index in [-0.39, 0.29) is 5.82 Å². The van der Waals surface area contributed by atoms with Crippen LogP contribution in [0.25, 0.3) is 0 Å². The molecule has 0 amide bonds. The minimum atomic E-state index is -0.200. The Labute approximate surface area is 158 Å². The van der Waals surface area contributed by atoms with Crippen LogP contribution in [-0.4, -0.2) is 43.2 Å². The lowest BCUT2D eigenvalue weighted by molar-refractivity contribution is 0.624. The number of halogens is 1. The van der Waals surface area contributed by atoms with Crippen LogP contribution in [0.15, 0.2) is 47.6 Å². The predicted octanol–water partition coefficient (Wildman–Crippen LogP) is 2.11. The van der Waals surface area contributed by atoms with Crippen LogP contribution in [-0.2, 0) is 6.54 Å². The molecule has 1 aliphatic heterocycles. The number of hydrogen-bond donors (Lipinski definition) is 2. The number of nitrogens with two attached hydrogens (primary N) is 1. The molecule has 3 N–H and O–H groups in total. The van der Waals surface area contributed by atoms with Crippen molar-refractivity contribution in [3.63, 3.8) is 0 Å². The zero-order valence-corrected chi connectivity index (χ0v) is 15.3. The maximum atomic E-state index is 13.1. The van der Waals surface area contributed by atoms with Gasteiger partial charge in [0, 0.05) is 44.1 Å². The van der Waals surface area contributed by atoms with Gasteiger partial charge in [-0.15, -0.1) is 0 Å². The van der Waals surface area contributed by atoms with Crippen molar-refractivity contribution in [2.75, 3.05) is 36.0 Å². The molecule has 6 nitrogen and oxygen atoms in total. The van der Waals surface area contributed by atoms with Crippen LogP contribution in [0, 0.1) is 5.82 Å². The molecule has 2 aromatic rings. The standard InChI is InChI=1S/C20H25FN6/c21-16-1-5-18(6-2-16)26-9-11-27(12-10-26)19-13-15(7-8-23-19)14-24-20(22)25-17-3-4-17/h1-2,5-8,13,17H,3-4,9-12,14H2,(H3,22,24,25). The van der Waals surface area contributed by atoms with Gasteiger partial charge in [0.1, 0.15) is 11.6 Å². The summed E-state index contributed by atoms with van der Waals surface area (Å²) in [5, 5.41) is 3.20. The van der Waals surface area contributed by atoms with E-state index in [1.54, 1.807) is 0 Å². The number of hydrogen-bond acceptors (Lipinski definition) is 4. The van der Waals surface area contributed by atoms with Crippen molar-refractivity contribution in [1.82, 2.24) is 10.3 Å². The monoisotopic (exact) mass is 368 g/mol. The molecule has 0 spiro atoms. The fraction of sp³-hybridized carbons (Fsp3) is 0.400. The third-order valence-corrected chi connectivity index (χ3v) is 4.97. The van der Waals surface area contributed by atoms with Crippen molar-refractivity contribution in [3.05, 3.63) is 54.0 Å². The zero-order valence-electron chi connectivity index (χ0n) is 15.3. The van der Waals surface area contributed by atoms with Crippen LogP contribution in [0.3, 0.4) is 0 Å². The Kier molecular flexibility index (Phi) is 5.09. The van der Waals surface area contributed by atoms with Gasteiger partial charge in [0.25, 0.3) is 0 Å². The van der Waals surface area contributed by atoms with Crippen molar-refractivity contribution in [1.29, 1.82) is 0 Å². The van der Waals surface area contributed by atoms with Gasteiger partial charge in [-0.05, 0) is 54.8 Å². The van der Waals surface area contributed by atoms with Gasteiger partial charge in [-0.3, -0.25) is 0 Å². The number of anilines is 2. The molecule has 0 radical (unpaired) electrons. The van der Waals surface area contributed by atoms with E-state index in [0.717, 1.165) is 43.2 Å². The van der Waals surface area contributed by atoms with E-state index in [4.69, 9.17) is 5.73 Å². The van der Waals surface area contributed by atoms with E-state index in [0.29, 0.717) is 18.5 Å². The molecule has 4 rings (SSSR count). The van der Waals surface area contributed by atoms with Crippen LogP contribution in [0.1, 0.15) is 18.4 Å². The Morgan fingerprint density at radius 1 is 1.11 bits per heavy atom. The Morgan fingerprint density at radius 2 is 1.81 bits per heavy atom. The average Bonchev–Trinajstić information content (AvgIpc) is 3.51. The normalized spacial score (nSPS) is 17.9. The molecule has 0 bridgehead atoms. The Morgan fingerprint density at radius 3 is 2.52 bits per heavy atom. The smallest absolute Gasteiger partial charge is 0.189 e. The van der Waals surface area contributed by atoms with Gasteiger partial charge in [-0.25, -0.2) is 14.4 Å². The van der Waals surface area contributed by atoms with E-state index >= 15 is 0 Å². The summed E-state index contributed by atoms with van der Waals surface area (Å²) >= 11 is 0. The number of benzene rings is 1. The quantitative estimate of drug-likeness (QED) is 0.625. The fourth-order valence-electron chi connectivity index (χ4n) is 3.24. The van der Waals surface area contributed by atoms with Crippen LogP contribution in [0.2, 0.25) is 0 Å². The molecule has 2 aliphatic rings. The molecule has 1 saturated heterocycles. The number of nitrogens with zero attached hydrogens (tertiary/aromatic N) is 4. The Hall–Kier alpha value is -2.83. The van der Waals surface area contributed by atoms with Crippen LogP contribution in [0.4, 0.5) is 15.9 Å².